The van der Waals surface area contributed by atoms with E-state index in [1.54, 1.807) is 0 Å². The van der Waals surface area contributed by atoms with Crippen molar-refractivity contribution < 1.29 is 14.3 Å². The third-order valence-corrected chi connectivity index (χ3v) is 4.18. The van der Waals surface area contributed by atoms with Crippen LogP contribution in [0.5, 0.6) is 0 Å². The number of esters is 1. The molecule has 0 saturated carbocycles. The van der Waals surface area contributed by atoms with E-state index in [-0.39, 0.29) is 23.8 Å². The van der Waals surface area contributed by atoms with Gasteiger partial charge in [-0.25, -0.2) is 0 Å². The number of rotatable bonds is 3. The van der Waals surface area contributed by atoms with Crippen LogP contribution >= 0.6 is 12.4 Å². The van der Waals surface area contributed by atoms with Crippen LogP contribution in [0, 0.1) is 11.3 Å². The van der Waals surface area contributed by atoms with Crippen LogP contribution in [0.2, 0.25) is 0 Å². The third kappa shape index (κ3) is 3.16. The van der Waals surface area contributed by atoms with Gasteiger partial charge in [-0.2, -0.15) is 0 Å². The Morgan fingerprint density at radius 2 is 1.94 bits per heavy atom. The first kappa shape index (κ1) is 15.7. The van der Waals surface area contributed by atoms with Crippen LogP contribution in [-0.4, -0.2) is 38.9 Å². The van der Waals surface area contributed by atoms with Crippen LogP contribution in [0.1, 0.15) is 32.6 Å². The molecule has 2 rings (SSSR count). The molecule has 106 valence electrons. The highest BCUT2D eigenvalue weighted by molar-refractivity contribution is 5.85. The fourth-order valence-electron chi connectivity index (χ4n) is 3.18. The molecule has 0 unspecified atom stereocenters. The Hall–Kier alpha value is -0.320. The molecule has 0 aromatic rings. The lowest BCUT2D eigenvalue weighted by atomic mass is 9.66. The second-order valence-electron chi connectivity index (χ2n) is 5.01. The summed E-state index contributed by atoms with van der Waals surface area (Å²) in [6, 6.07) is 0. The van der Waals surface area contributed by atoms with Gasteiger partial charge in [0, 0.05) is 13.2 Å². The Kier molecular flexibility index (Phi) is 6.39. The minimum absolute atomic E-state index is 0. The molecule has 0 spiro atoms. The van der Waals surface area contributed by atoms with E-state index in [1.807, 2.05) is 6.92 Å². The van der Waals surface area contributed by atoms with E-state index < -0.39 is 0 Å². The van der Waals surface area contributed by atoms with Crippen LogP contribution < -0.4 is 5.32 Å². The minimum Gasteiger partial charge on any atom is -0.466 e. The highest BCUT2D eigenvalue weighted by Crippen LogP contribution is 2.43. The molecule has 1 N–H and O–H groups in total. The zero-order valence-corrected chi connectivity index (χ0v) is 11.9. The number of ether oxygens (including phenoxy) is 2. The summed E-state index contributed by atoms with van der Waals surface area (Å²) in [5.41, 5.74) is -0.245. The Balaban J connectivity index is 0.00000162. The fraction of sp³-hybridized carbons (Fsp3) is 0.923. The van der Waals surface area contributed by atoms with Crippen molar-refractivity contribution in [1.29, 1.82) is 0 Å². The van der Waals surface area contributed by atoms with Crippen molar-refractivity contribution in [3.8, 4) is 0 Å². The van der Waals surface area contributed by atoms with Gasteiger partial charge in [-0.15, -0.1) is 12.4 Å². The largest absolute Gasteiger partial charge is 0.466 e. The summed E-state index contributed by atoms with van der Waals surface area (Å²) in [4.78, 5) is 12.3. The number of piperidine rings is 1. The Labute approximate surface area is 115 Å². The number of nitrogens with one attached hydrogen (secondary N) is 1. The summed E-state index contributed by atoms with van der Waals surface area (Å²) in [5, 5.41) is 3.34. The first-order valence-electron chi connectivity index (χ1n) is 6.75. The van der Waals surface area contributed by atoms with Crippen molar-refractivity contribution >= 4 is 18.4 Å². The van der Waals surface area contributed by atoms with Crippen molar-refractivity contribution in [3.63, 3.8) is 0 Å². The first-order chi connectivity index (χ1) is 8.29. The maximum absolute atomic E-state index is 12.3. The monoisotopic (exact) mass is 277 g/mol. The molecule has 2 aliphatic heterocycles. The van der Waals surface area contributed by atoms with Crippen molar-refractivity contribution in [3.05, 3.63) is 0 Å². The average molecular weight is 278 g/mol. The van der Waals surface area contributed by atoms with Crippen molar-refractivity contribution in [2.24, 2.45) is 11.3 Å². The molecule has 2 heterocycles. The van der Waals surface area contributed by atoms with E-state index in [9.17, 15) is 4.79 Å². The Morgan fingerprint density at radius 3 is 2.50 bits per heavy atom. The normalized spacial score (nSPS) is 24.1. The molecule has 0 aromatic heterocycles. The molecule has 0 radical (unpaired) electrons. The molecule has 2 saturated heterocycles. The van der Waals surface area contributed by atoms with Crippen molar-refractivity contribution in [2.45, 2.75) is 32.6 Å². The Bertz CT molecular complexity index is 261. The Morgan fingerprint density at radius 1 is 1.33 bits per heavy atom. The maximum atomic E-state index is 12.3. The van der Waals surface area contributed by atoms with Gasteiger partial charge in [-0.3, -0.25) is 4.79 Å². The molecule has 0 amide bonds. The molecule has 0 aromatic carbocycles. The SMILES string of the molecule is CCOC(=O)C1(C2CCOCC2)CCNCC1.Cl. The first-order valence-corrected chi connectivity index (χ1v) is 6.75. The van der Waals surface area contributed by atoms with E-state index in [0.29, 0.717) is 12.5 Å². The van der Waals surface area contributed by atoms with Crippen LogP contribution in [0.3, 0.4) is 0 Å². The summed E-state index contributed by atoms with van der Waals surface area (Å²) in [6.45, 7) is 5.80. The van der Waals surface area contributed by atoms with E-state index in [1.165, 1.54) is 0 Å². The summed E-state index contributed by atoms with van der Waals surface area (Å²) < 4.78 is 10.7. The highest BCUT2D eigenvalue weighted by atomic mass is 35.5. The fourth-order valence-corrected chi connectivity index (χ4v) is 3.18. The number of halogens is 1. The smallest absolute Gasteiger partial charge is 0.312 e. The molecule has 0 bridgehead atoms. The molecular weight excluding hydrogens is 254 g/mol. The predicted octanol–water partition coefficient (Wildman–Crippen LogP) is 1.77. The van der Waals surface area contributed by atoms with Gasteiger partial charge in [0.15, 0.2) is 0 Å². The van der Waals surface area contributed by atoms with Gasteiger partial charge in [0.1, 0.15) is 0 Å². The zero-order chi connectivity index (χ0) is 12.1. The van der Waals surface area contributed by atoms with Crippen molar-refractivity contribution in [2.75, 3.05) is 32.9 Å². The average Bonchev–Trinajstić information content (AvgIpc) is 2.41. The molecule has 2 aliphatic rings. The lowest BCUT2D eigenvalue weighted by molar-refractivity contribution is -0.164. The van der Waals surface area contributed by atoms with Gasteiger partial charge in [0.05, 0.1) is 12.0 Å². The predicted molar refractivity (Wildman–Crippen MR) is 72.0 cm³/mol. The quantitative estimate of drug-likeness (QED) is 0.799. The van der Waals surface area contributed by atoms with Crippen LogP contribution in [0.15, 0.2) is 0 Å². The minimum atomic E-state index is -0.245. The van der Waals surface area contributed by atoms with Gasteiger partial charge in [0.25, 0.3) is 0 Å². The number of carbonyl (C=O) groups excluding carboxylic acids is 1. The standard InChI is InChI=1S/C13H23NO3.ClH/c1-2-17-12(15)13(5-7-14-8-6-13)11-3-9-16-10-4-11;/h11,14H,2-10H2,1H3;1H. The molecule has 18 heavy (non-hydrogen) atoms. The van der Waals surface area contributed by atoms with E-state index in [2.05, 4.69) is 5.32 Å². The number of carbonyl (C=O) groups is 1. The number of hydrogen-bond donors (Lipinski definition) is 1. The lowest BCUT2D eigenvalue weighted by Gasteiger charge is -2.43. The van der Waals surface area contributed by atoms with Crippen LogP contribution in [0.4, 0.5) is 0 Å². The van der Waals surface area contributed by atoms with E-state index >= 15 is 0 Å². The van der Waals surface area contributed by atoms with E-state index in [0.717, 1.165) is 52.0 Å². The second kappa shape index (κ2) is 7.31. The molecule has 2 fully saturated rings. The molecule has 4 nitrogen and oxygen atoms in total. The van der Waals surface area contributed by atoms with Crippen molar-refractivity contribution in [1.82, 2.24) is 5.32 Å². The molecule has 0 atom stereocenters. The summed E-state index contributed by atoms with van der Waals surface area (Å²) in [7, 11) is 0. The summed E-state index contributed by atoms with van der Waals surface area (Å²) in [5.74, 6) is 0.464. The number of hydrogen-bond acceptors (Lipinski definition) is 4. The van der Waals surface area contributed by atoms with Gasteiger partial charge in [-0.05, 0) is 51.6 Å². The second-order valence-corrected chi connectivity index (χ2v) is 5.01. The highest BCUT2D eigenvalue weighted by Gasteiger charge is 2.47. The zero-order valence-electron chi connectivity index (χ0n) is 11.1. The lowest BCUT2D eigenvalue weighted by Crippen LogP contribution is -2.49. The topological polar surface area (TPSA) is 47.6 Å². The van der Waals surface area contributed by atoms with Crippen LogP contribution in [0.25, 0.3) is 0 Å². The van der Waals surface area contributed by atoms with Gasteiger partial charge in [-0.1, -0.05) is 0 Å². The summed E-state index contributed by atoms with van der Waals surface area (Å²) >= 11 is 0. The van der Waals surface area contributed by atoms with Gasteiger partial charge in [0.2, 0.25) is 0 Å². The third-order valence-electron chi connectivity index (χ3n) is 4.18. The molecule has 0 aliphatic carbocycles. The summed E-state index contributed by atoms with van der Waals surface area (Å²) in [6.07, 6.45) is 3.82. The molecular formula is C13H24ClNO3. The maximum Gasteiger partial charge on any atom is 0.312 e. The van der Waals surface area contributed by atoms with Gasteiger partial charge >= 0.3 is 5.97 Å². The van der Waals surface area contributed by atoms with Gasteiger partial charge < -0.3 is 14.8 Å². The molecule has 5 heteroatoms. The van der Waals surface area contributed by atoms with E-state index in [4.69, 9.17) is 9.47 Å². The van der Waals surface area contributed by atoms with Crippen LogP contribution in [-0.2, 0) is 14.3 Å².